The van der Waals surface area contributed by atoms with Crippen molar-refractivity contribution in [1.29, 1.82) is 0 Å². The number of rotatable bonds is 1. The van der Waals surface area contributed by atoms with Gasteiger partial charge >= 0.3 is 0 Å². The summed E-state index contributed by atoms with van der Waals surface area (Å²) >= 11 is 0. The molecule has 4 aliphatic carbocycles. The smallest absolute Gasteiger partial charge is 0.167 e. The fourth-order valence-corrected chi connectivity index (χ4v) is 8.24. The van der Waals surface area contributed by atoms with E-state index >= 15 is 0 Å². The van der Waals surface area contributed by atoms with Crippen molar-refractivity contribution in [2.24, 2.45) is 29.1 Å². The second-order valence-electron chi connectivity index (χ2n) is 10.5. The molecule has 0 heterocycles. The molecule has 0 saturated heterocycles. The lowest BCUT2D eigenvalue weighted by atomic mass is 9.47. The molecule has 144 valence electrons. The van der Waals surface area contributed by atoms with Crippen LogP contribution in [0.25, 0.3) is 5.57 Å². The Bertz CT molecular complexity index is 848. The Balaban J connectivity index is 1.73. The second kappa shape index (κ2) is 5.58. The molecule has 6 unspecified atom stereocenters. The molecule has 2 bridgehead atoms. The molecule has 1 spiro atoms. The number of benzene rings is 1. The fourth-order valence-electron chi connectivity index (χ4n) is 8.24. The molecule has 0 N–H and O–H groups in total. The molecule has 1 heteroatoms. The van der Waals surface area contributed by atoms with E-state index in [0.717, 1.165) is 17.9 Å². The maximum atomic E-state index is 13.6. The molecular formula is C26H34O. The van der Waals surface area contributed by atoms with E-state index in [0.29, 0.717) is 23.0 Å². The molecule has 27 heavy (non-hydrogen) atoms. The van der Waals surface area contributed by atoms with Crippen molar-refractivity contribution >= 4 is 11.4 Å². The lowest BCUT2D eigenvalue weighted by molar-refractivity contribution is -0.126. The van der Waals surface area contributed by atoms with Gasteiger partial charge in [0.25, 0.3) is 0 Å². The molecule has 6 atom stereocenters. The molecule has 1 aromatic carbocycles. The Labute approximate surface area is 164 Å². The zero-order chi connectivity index (χ0) is 19.1. The zero-order valence-corrected chi connectivity index (χ0v) is 17.5. The van der Waals surface area contributed by atoms with Crippen LogP contribution in [0.3, 0.4) is 0 Å². The summed E-state index contributed by atoms with van der Waals surface area (Å²) in [7, 11) is 0. The topological polar surface area (TPSA) is 17.1 Å². The van der Waals surface area contributed by atoms with Gasteiger partial charge in [-0.25, -0.2) is 0 Å². The maximum absolute atomic E-state index is 13.6. The number of ketones is 1. The van der Waals surface area contributed by atoms with Crippen LogP contribution in [0.5, 0.6) is 0 Å². The van der Waals surface area contributed by atoms with E-state index in [-0.39, 0.29) is 11.3 Å². The highest BCUT2D eigenvalue weighted by Crippen LogP contribution is 2.71. The van der Waals surface area contributed by atoms with Gasteiger partial charge in [-0.1, -0.05) is 45.9 Å². The normalized spacial score (nSPS) is 42.5. The van der Waals surface area contributed by atoms with Crippen LogP contribution >= 0.6 is 0 Å². The van der Waals surface area contributed by atoms with Crippen molar-refractivity contribution in [1.82, 2.24) is 0 Å². The molecule has 3 saturated carbocycles. The van der Waals surface area contributed by atoms with Gasteiger partial charge in [-0.3, -0.25) is 4.79 Å². The minimum Gasteiger partial charge on any atom is -0.294 e. The average molecular weight is 363 g/mol. The van der Waals surface area contributed by atoms with Gasteiger partial charge in [0.2, 0.25) is 0 Å². The van der Waals surface area contributed by atoms with Crippen LogP contribution in [0, 0.1) is 36.0 Å². The standard InChI is InChI=1S/C26H34O/c1-6-19-7-8-21-22(16(19)3)17(4)24(27)23-20-10-12-26(21,23)14-25(18(20)5)11-9-15(2)13-25/h7-8,15,18,20,23H,4,6,9-14H2,1-3,5H3. The summed E-state index contributed by atoms with van der Waals surface area (Å²) in [4.78, 5) is 13.6. The number of carbonyl (C=O) groups is 1. The molecule has 0 aromatic heterocycles. The minimum atomic E-state index is 0.0892. The van der Waals surface area contributed by atoms with Crippen LogP contribution in [0.1, 0.15) is 81.5 Å². The number of Topliss-reactive ketones (excluding diaryl/α,β-unsaturated/α-hetero) is 1. The Hall–Kier alpha value is -1.37. The van der Waals surface area contributed by atoms with E-state index in [1.165, 1.54) is 60.8 Å². The molecule has 1 aromatic rings. The zero-order valence-electron chi connectivity index (χ0n) is 17.5. The number of allylic oxidation sites excluding steroid dienone is 1. The number of hydrogen-bond donors (Lipinski definition) is 0. The molecular weight excluding hydrogens is 328 g/mol. The van der Waals surface area contributed by atoms with Crippen molar-refractivity contribution in [3.8, 4) is 0 Å². The van der Waals surface area contributed by atoms with Crippen LogP contribution in [-0.4, -0.2) is 5.78 Å². The summed E-state index contributed by atoms with van der Waals surface area (Å²) in [6, 6.07) is 4.74. The van der Waals surface area contributed by atoms with Gasteiger partial charge in [0.15, 0.2) is 5.78 Å². The van der Waals surface area contributed by atoms with Crippen molar-refractivity contribution < 1.29 is 4.79 Å². The molecule has 5 rings (SSSR count). The highest BCUT2D eigenvalue weighted by Gasteiger charge is 2.66. The molecule has 4 aliphatic rings. The van der Waals surface area contributed by atoms with Crippen LogP contribution in [0.4, 0.5) is 0 Å². The van der Waals surface area contributed by atoms with Gasteiger partial charge in [-0.2, -0.15) is 0 Å². The lowest BCUT2D eigenvalue weighted by Gasteiger charge is -2.56. The van der Waals surface area contributed by atoms with Gasteiger partial charge in [-0.15, -0.1) is 0 Å². The SMILES string of the molecule is C=C1C(=O)C2C3CCC2(CC2(CCC(C)C2)C3C)c2ccc(CC)c(C)c21. The number of carbonyl (C=O) groups excluding carboxylic acids is 1. The van der Waals surface area contributed by atoms with Crippen molar-refractivity contribution in [2.75, 3.05) is 0 Å². The molecule has 1 nitrogen and oxygen atoms in total. The Morgan fingerprint density at radius 3 is 2.63 bits per heavy atom. The summed E-state index contributed by atoms with van der Waals surface area (Å²) in [6.07, 6.45) is 8.82. The lowest BCUT2D eigenvalue weighted by Crippen LogP contribution is -2.54. The van der Waals surface area contributed by atoms with Crippen LogP contribution in [0.15, 0.2) is 18.7 Å². The van der Waals surface area contributed by atoms with E-state index in [1.54, 1.807) is 0 Å². The summed E-state index contributed by atoms with van der Waals surface area (Å²) in [5.74, 6) is 2.66. The molecule has 0 radical (unpaired) electrons. The molecule has 0 aliphatic heterocycles. The summed E-state index contributed by atoms with van der Waals surface area (Å²) in [6.45, 7) is 13.7. The first-order valence-corrected chi connectivity index (χ1v) is 11.2. The number of aryl methyl sites for hydroxylation is 1. The van der Waals surface area contributed by atoms with E-state index in [2.05, 4.69) is 46.4 Å². The Kier molecular flexibility index (Phi) is 3.66. The van der Waals surface area contributed by atoms with Gasteiger partial charge in [-0.05, 0) is 90.9 Å². The third-order valence-corrected chi connectivity index (χ3v) is 9.49. The van der Waals surface area contributed by atoms with E-state index in [4.69, 9.17) is 0 Å². The monoisotopic (exact) mass is 362 g/mol. The van der Waals surface area contributed by atoms with Crippen molar-refractivity contribution in [3.63, 3.8) is 0 Å². The summed E-state index contributed by atoms with van der Waals surface area (Å²) in [5, 5.41) is 0. The Morgan fingerprint density at radius 2 is 1.96 bits per heavy atom. The van der Waals surface area contributed by atoms with E-state index in [1.807, 2.05) is 0 Å². The first-order valence-electron chi connectivity index (χ1n) is 11.2. The average Bonchev–Trinajstić information content (AvgIpc) is 3.18. The quantitative estimate of drug-likeness (QED) is 0.539. The van der Waals surface area contributed by atoms with Crippen molar-refractivity contribution in [3.05, 3.63) is 41.0 Å². The second-order valence-corrected chi connectivity index (χ2v) is 10.5. The predicted molar refractivity (Wildman–Crippen MR) is 112 cm³/mol. The fraction of sp³-hybridized carbons (Fsp3) is 0.654. The van der Waals surface area contributed by atoms with Crippen LogP contribution < -0.4 is 0 Å². The highest BCUT2D eigenvalue weighted by atomic mass is 16.1. The van der Waals surface area contributed by atoms with Crippen LogP contribution in [0.2, 0.25) is 0 Å². The van der Waals surface area contributed by atoms with E-state index < -0.39 is 0 Å². The Morgan fingerprint density at radius 1 is 1.19 bits per heavy atom. The van der Waals surface area contributed by atoms with Gasteiger partial charge in [0, 0.05) is 16.9 Å². The molecule has 3 fully saturated rings. The van der Waals surface area contributed by atoms with Gasteiger partial charge < -0.3 is 0 Å². The van der Waals surface area contributed by atoms with E-state index in [9.17, 15) is 4.79 Å². The van der Waals surface area contributed by atoms with Crippen molar-refractivity contribution in [2.45, 2.75) is 78.1 Å². The minimum absolute atomic E-state index is 0.0892. The largest absolute Gasteiger partial charge is 0.294 e. The van der Waals surface area contributed by atoms with Gasteiger partial charge in [0.05, 0.1) is 0 Å². The predicted octanol–water partition coefficient (Wildman–Crippen LogP) is 6.26. The first-order chi connectivity index (χ1) is 12.8. The van der Waals surface area contributed by atoms with Gasteiger partial charge in [0.1, 0.15) is 0 Å². The summed E-state index contributed by atoms with van der Waals surface area (Å²) < 4.78 is 0. The number of hydrogen-bond acceptors (Lipinski definition) is 1. The highest BCUT2D eigenvalue weighted by molar-refractivity contribution is 6.24. The maximum Gasteiger partial charge on any atom is 0.167 e. The molecule has 0 amide bonds. The third kappa shape index (κ3) is 2.04. The summed E-state index contributed by atoms with van der Waals surface area (Å²) in [5.41, 5.74) is 6.77. The first kappa shape index (κ1) is 17.7. The third-order valence-electron chi connectivity index (χ3n) is 9.49. The van der Waals surface area contributed by atoms with Crippen LogP contribution in [-0.2, 0) is 16.6 Å². The number of fused-ring (bicyclic) bond motifs is 1.